The number of nitrogens with one attached hydrogen (secondary N) is 2. The Kier molecular flexibility index (Phi) is 6.27. The minimum absolute atomic E-state index is 0.137. The van der Waals surface area contributed by atoms with E-state index in [-0.39, 0.29) is 11.3 Å². The summed E-state index contributed by atoms with van der Waals surface area (Å²) in [4.78, 5) is 33.9. The highest BCUT2D eigenvalue weighted by atomic mass is 16.6. The lowest BCUT2D eigenvalue weighted by molar-refractivity contribution is -0.398. The van der Waals surface area contributed by atoms with Crippen LogP contribution in [0.5, 0.6) is 11.5 Å². The van der Waals surface area contributed by atoms with Crippen LogP contribution in [0.15, 0.2) is 35.4 Å². The van der Waals surface area contributed by atoms with Crippen LogP contribution in [0, 0.1) is 24.0 Å². The summed E-state index contributed by atoms with van der Waals surface area (Å²) >= 11 is 0. The SMILES string of the molecule is COc1cc(/C=N\NC(=O)C(=O)Nc2cccc(C)c2C)cc([N+](=O)[O-])c1[O-]. The number of nitro groups is 1. The van der Waals surface area contributed by atoms with Crippen molar-refractivity contribution in [3.8, 4) is 11.5 Å². The van der Waals surface area contributed by atoms with Crippen LogP contribution >= 0.6 is 0 Å². The van der Waals surface area contributed by atoms with E-state index < -0.39 is 28.2 Å². The standard InChI is InChI=1S/C18H18N4O6/c1-10-5-4-6-13(11(10)2)20-17(24)18(25)21-19-9-12-7-14(22(26)27)16(23)15(8-12)28-3/h4-9,23H,1-3H3,(H,20,24)(H,21,25)/p-1/b19-9-. The normalized spacial score (nSPS) is 10.5. The third-order valence-corrected chi connectivity index (χ3v) is 3.91. The highest BCUT2D eigenvalue weighted by molar-refractivity contribution is 6.39. The fourth-order valence-electron chi connectivity index (χ4n) is 2.25. The molecular weight excluding hydrogens is 368 g/mol. The molecule has 0 aliphatic rings. The van der Waals surface area contributed by atoms with Crippen molar-refractivity contribution < 1.29 is 24.4 Å². The van der Waals surface area contributed by atoms with Crippen LogP contribution < -0.4 is 20.6 Å². The van der Waals surface area contributed by atoms with Gasteiger partial charge in [-0.25, -0.2) is 5.43 Å². The van der Waals surface area contributed by atoms with E-state index in [2.05, 4.69) is 10.4 Å². The maximum atomic E-state index is 12.0. The van der Waals surface area contributed by atoms with Crippen molar-refractivity contribution >= 4 is 29.4 Å². The number of nitrogens with zero attached hydrogens (tertiary/aromatic N) is 2. The third kappa shape index (κ3) is 4.61. The molecule has 0 heterocycles. The number of nitro benzene ring substituents is 1. The number of benzene rings is 2. The first-order valence-electron chi connectivity index (χ1n) is 7.98. The second-order valence-corrected chi connectivity index (χ2v) is 5.73. The fourth-order valence-corrected chi connectivity index (χ4v) is 2.25. The predicted molar refractivity (Wildman–Crippen MR) is 99.4 cm³/mol. The summed E-state index contributed by atoms with van der Waals surface area (Å²) in [5.41, 5.74) is 3.73. The number of carbonyl (C=O) groups is 2. The Morgan fingerprint density at radius 2 is 1.93 bits per heavy atom. The molecule has 0 spiro atoms. The molecule has 0 unspecified atom stereocenters. The van der Waals surface area contributed by atoms with E-state index in [1.807, 2.05) is 18.4 Å². The van der Waals surface area contributed by atoms with Gasteiger partial charge in [0.2, 0.25) is 0 Å². The van der Waals surface area contributed by atoms with Gasteiger partial charge in [-0.3, -0.25) is 19.7 Å². The van der Waals surface area contributed by atoms with Crippen molar-refractivity contribution in [2.75, 3.05) is 12.4 Å². The van der Waals surface area contributed by atoms with Gasteiger partial charge in [-0.1, -0.05) is 12.1 Å². The van der Waals surface area contributed by atoms with Crippen LogP contribution in [-0.2, 0) is 9.59 Å². The lowest BCUT2D eigenvalue weighted by Crippen LogP contribution is -2.32. The molecule has 2 N–H and O–H groups in total. The molecule has 2 aromatic rings. The molecule has 146 valence electrons. The second-order valence-electron chi connectivity index (χ2n) is 5.73. The van der Waals surface area contributed by atoms with Crippen molar-refractivity contribution in [2.24, 2.45) is 5.10 Å². The van der Waals surface area contributed by atoms with Crippen molar-refractivity contribution in [3.63, 3.8) is 0 Å². The van der Waals surface area contributed by atoms with Gasteiger partial charge < -0.3 is 15.2 Å². The van der Waals surface area contributed by atoms with Gasteiger partial charge in [0.05, 0.1) is 18.2 Å². The molecule has 0 saturated heterocycles. The number of methoxy groups -OCH3 is 1. The molecule has 0 aliphatic heterocycles. The largest absolute Gasteiger partial charge is 0.865 e. The molecule has 0 bridgehead atoms. The number of hydrazone groups is 1. The smallest absolute Gasteiger partial charge is 0.329 e. The molecule has 2 amide bonds. The number of aryl methyl sites for hydroxylation is 1. The van der Waals surface area contributed by atoms with Crippen LogP contribution in [0.2, 0.25) is 0 Å². The number of carbonyl (C=O) groups excluding carboxylic acids is 2. The fraction of sp³-hybridized carbons (Fsp3) is 0.167. The summed E-state index contributed by atoms with van der Waals surface area (Å²) in [7, 11) is 1.20. The monoisotopic (exact) mass is 385 g/mol. The zero-order valence-electron chi connectivity index (χ0n) is 15.3. The Labute approximate surface area is 160 Å². The van der Waals surface area contributed by atoms with Crippen molar-refractivity contribution in [1.82, 2.24) is 5.43 Å². The average Bonchev–Trinajstić information content (AvgIpc) is 2.66. The van der Waals surface area contributed by atoms with E-state index in [9.17, 15) is 24.8 Å². The van der Waals surface area contributed by atoms with Gasteiger partial charge in [-0.05, 0) is 37.1 Å². The molecule has 0 aliphatic carbocycles. The maximum Gasteiger partial charge on any atom is 0.329 e. The van der Waals surface area contributed by atoms with Gasteiger partial charge in [0.15, 0.2) is 0 Å². The second kappa shape index (κ2) is 8.62. The summed E-state index contributed by atoms with van der Waals surface area (Å²) in [5.74, 6) is -3.07. The summed E-state index contributed by atoms with van der Waals surface area (Å²) in [6.45, 7) is 3.68. The Morgan fingerprint density at radius 3 is 2.57 bits per heavy atom. The number of hydrogen-bond donors (Lipinski definition) is 2. The first kappa shape index (κ1) is 20.4. The lowest BCUT2D eigenvalue weighted by atomic mass is 10.1. The topological polar surface area (TPSA) is 146 Å². The van der Waals surface area contributed by atoms with Gasteiger partial charge in [-0.15, -0.1) is 0 Å². The number of ether oxygens (including phenoxy) is 1. The van der Waals surface area contributed by atoms with Crippen molar-refractivity contribution in [1.29, 1.82) is 0 Å². The first-order valence-corrected chi connectivity index (χ1v) is 7.98. The van der Waals surface area contributed by atoms with Gasteiger partial charge in [-0.2, -0.15) is 5.10 Å². The zero-order chi connectivity index (χ0) is 20.8. The molecule has 0 aromatic heterocycles. The average molecular weight is 385 g/mol. The molecule has 28 heavy (non-hydrogen) atoms. The molecule has 2 rings (SSSR count). The Hall–Kier alpha value is -3.95. The zero-order valence-corrected chi connectivity index (χ0v) is 15.3. The van der Waals surface area contributed by atoms with E-state index in [0.29, 0.717) is 5.69 Å². The highest BCUT2D eigenvalue weighted by Gasteiger charge is 2.15. The molecule has 10 nitrogen and oxygen atoms in total. The van der Waals surface area contributed by atoms with Crippen molar-refractivity contribution in [3.05, 3.63) is 57.1 Å². The number of anilines is 1. The van der Waals surface area contributed by atoms with Crippen LogP contribution in [0.25, 0.3) is 0 Å². The molecule has 2 aromatic carbocycles. The van der Waals surface area contributed by atoms with Gasteiger partial charge in [0.1, 0.15) is 5.75 Å². The Balaban J connectivity index is 2.08. The molecule has 0 saturated carbocycles. The lowest BCUT2D eigenvalue weighted by Gasteiger charge is -2.13. The summed E-state index contributed by atoms with van der Waals surface area (Å²) in [5, 5.41) is 28.7. The third-order valence-electron chi connectivity index (χ3n) is 3.91. The summed E-state index contributed by atoms with van der Waals surface area (Å²) < 4.78 is 4.80. The van der Waals surface area contributed by atoms with Gasteiger partial charge >= 0.3 is 11.8 Å². The summed E-state index contributed by atoms with van der Waals surface area (Å²) in [6, 6.07) is 7.48. The van der Waals surface area contributed by atoms with E-state index in [4.69, 9.17) is 4.74 Å². The van der Waals surface area contributed by atoms with E-state index in [0.717, 1.165) is 23.4 Å². The molecular formula is C18H17N4O6-. The maximum absolute atomic E-state index is 12.0. The van der Waals surface area contributed by atoms with Gasteiger partial charge in [0, 0.05) is 23.1 Å². The molecule has 0 fully saturated rings. The minimum Gasteiger partial charge on any atom is -0.865 e. The highest BCUT2D eigenvalue weighted by Crippen LogP contribution is 2.33. The Bertz CT molecular complexity index is 971. The summed E-state index contributed by atoms with van der Waals surface area (Å²) in [6.07, 6.45) is 1.05. The minimum atomic E-state index is -1.03. The predicted octanol–water partition coefficient (Wildman–Crippen LogP) is 1.38. The Morgan fingerprint density at radius 1 is 1.21 bits per heavy atom. The van der Waals surface area contributed by atoms with E-state index >= 15 is 0 Å². The van der Waals surface area contributed by atoms with Crippen molar-refractivity contribution in [2.45, 2.75) is 13.8 Å². The number of rotatable bonds is 5. The quantitative estimate of drug-likeness (QED) is 0.344. The van der Waals surface area contributed by atoms with Crippen LogP contribution in [-0.4, -0.2) is 30.1 Å². The van der Waals surface area contributed by atoms with E-state index in [1.165, 1.54) is 13.2 Å². The first-order chi connectivity index (χ1) is 13.2. The number of amides is 2. The molecule has 10 heteroatoms. The van der Waals surface area contributed by atoms with Crippen LogP contribution in [0.1, 0.15) is 16.7 Å². The molecule has 0 radical (unpaired) electrons. The number of hydrogen-bond acceptors (Lipinski definition) is 7. The van der Waals surface area contributed by atoms with E-state index in [1.54, 1.807) is 19.1 Å². The van der Waals surface area contributed by atoms with Crippen LogP contribution in [0.4, 0.5) is 11.4 Å². The molecule has 0 atom stereocenters. The van der Waals surface area contributed by atoms with Gasteiger partial charge in [0.25, 0.3) is 5.69 Å². The van der Waals surface area contributed by atoms with Crippen LogP contribution in [0.3, 0.4) is 0 Å².